The van der Waals surface area contributed by atoms with Crippen molar-refractivity contribution >= 4 is 11.7 Å². The summed E-state index contributed by atoms with van der Waals surface area (Å²) >= 11 is 0. The van der Waals surface area contributed by atoms with E-state index < -0.39 is 0 Å². The Morgan fingerprint density at radius 1 is 1.04 bits per heavy atom. The van der Waals surface area contributed by atoms with Crippen molar-refractivity contribution in [3.8, 4) is 0 Å². The minimum atomic E-state index is -0.285. The van der Waals surface area contributed by atoms with Crippen LogP contribution in [-0.2, 0) is 0 Å². The number of hydrogen-bond donors (Lipinski definition) is 2. The van der Waals surface area contributed by atoms with E-state index >= 15 is 0 Å². The number of para-hydroxylation sites is 1. The van der Waals surface area contributed by atoms with Crippen molar-refractivity contribution in [1.29, 1.82) is 0 Å². The van der Waals surface area contributed by atoms with Gasteiger partial charge in [-0.15, -0.1) is 0 Å². The predicted molar refractivity (Wildman–Crippen MR) is 92.2 cm³/mol. The van der Waals surface area contributed by atoms with Crippen molar-refractivity contribution in [3.63, 3.8) is 0 Å². The highest BCUT2D eigenvalue weighted by atomic mass is 19.1. The zero-order valence-electron chi connectivity index (χ0n) is 14.0. The van der Waals surface area contributed by atoms with E-state index in [1.165, 1.54) is 12.1 Å². The van der Waals surface area contributed by atoms with E-state index in [2.05, 4.69) is 24.5 Å². The van der Waals surface area contributed by atoms with Crippen molar-refractivity contribution in [2.75, 3.05) is 5.32 Å². The van der Waals surface area contributed by atoms with Gasteiger partial charge in [-0.05, 0) is 48.6 Å². The number of hydrogen-bond acceptors (Lipinski definition) is 1. The Hall–Kier alpha value is -2.36. The Morgan fingerprint density at radius 3 is 2.30 bits per heavy atom. The topological polar surface area (TPSA) is 41.1 Å². The molecular formula is C19H23FN2O. The standard InChI is InChI=1S/C19H23FN2O/c1-12(2)17-7-5-6-13(3)18(17)22-19(23)21-14(4)15-8-10-16(20)11-9-15/h5-12,14H,1-4H3,(H2,21,22,23)/t14-/m1/s1. The van der Waals surface area contributed by atoms with Gasteiger partial charge in [0.1, 0.15) is 5.82 Å². The largest absolute Gasteiger partial charge is 0.331 e. The van der Waals surface area contributed by atoms with Crippen molar-refractivity contribution in [3.05, 3.63) is 65.0 Å². The second-order valence-electron chi connectivity index (χ2n) is 6.07. The summed E-state index contributed by atoms with van der Waals surface area (Å²) in [4.78, 5) is 12.3. The minimum absolute atomic E-state index is 0.206. The van der Waals surface area contributed by atoms with Crippen LogP contribution in [0.3, 0.4) is 0 Å². The van der Waals surface area contributed by atoms with Crippen LogP contribution in [-0.4, -0.2) is 6.03 Å². The van der Waals surface area contributed by atoms with E-state index in [0.29, 0.717) is 5.92 Å². The van der Waals surface area contributed by atoms with Crippen LogP contribution >= 0.6 is 0 Å². The lowest BCUT2D eigenvalue weighted by Gasteiger charge is -2.19. The average molecular weight is 314 g/mol. The first-order valence-corrected chi connectivity index (χ1v) is 7.81. The molecule has 3 nitrogen and oxygen atoms in total. The molecule has 0 heterocycles. The number of anilines is 1. The number of urea groups is 1. The number of carbonyl (C=O) groups is 1. The summed E-state index contributed by atoms with van der Waals surface area (Å²) in [5.74, 6) is 0.0339. The smallest absolute Gasteiger partial charge is 0.319 e. The number of rotatable bonds is 4. The number of amides is 2. The Morgan fingerprint density at radius 2 is 1.70 bits per heavy atom. The number of halogens is 1. The fraction of sp³-hybridized carbons (Fsp3) is 0.316. The molecule has 0 aromatic heterocycles. The molecule has 2 rings (SSSR count). The molecule has 122 valence electrons. The van der Waals surface area contributed by atoms with Gasteiger partial charge in [-0.2, -0.15) is 0 Å². The molecule has 0 aliphatic rings. The Kier molecular flexibility index (Phi) is 5.37. The molecule has 0 unspecified atom stereocenters. The first-order valence-electron chi connectivity index (χ1n) is 7.81. The molecule has 1 atom stereocenters. The molecule has 2 aromatic rings. The molecule has 0 bridgehead atoms. The van der Waals surface area contributed by atoms with Gasteiger partial charge in [0.2, 0.25) is 0 Å². The molecule has 0 aliphatic carbocycles. The van der Waals surface area contributed by atoms with Gasteiger partial charge in [-0.3, -0.25) is 0 Å². The number of benzene rings is 2. The molecule has 2 amide bonds. The van der Waals surface area contributed by atoms with Crippen LogP contribution in [0.15, 0.2) is 42.5 Å². The highest BCUT2D eigenvalue weighted by Crippen LogP contribution is 2.27. The second-order valence-corrected chi connectivity index (χ2v) is 6.07. The van der Waals surface area contributed by atoms with Crippen molar-refractivity contribution in [2.24, 2.45) is 0 Å². The molecule has 4 heteroatoms. The van der Waals surface area contributed by atoms with Crippen LogP contribution in [0.1, 0.15) is 49.4 Å². The first-order chi connectivity index (χ1) is 10.9. The van der Waals surface area contributed by atoms with Crippen LogP contribution in [0, 0.1) is 12.7 Å². The molecule has 0 fully saturated rings. The van der Waals surface area contributed by atoms with Gasteiger partial charge < -0.3 is 10.6 Å². The molecule has 0 radical (unpaired) electrons. The fourth-order valence-electron chi connectivity index (χ4n) is 2.52. The number of carbonyl (C=O) groups excluding carboxylic acids is 1. The molecule has 0 spiro atoms. The summed E-state index contributed by atoms with van der Waals surface area (Å²) in [5, 5.41) is 5.83. The minimum Gasteiger partial charge on any atom is -0.331 e. The Balaban J connectivity index is 2.09. The summed E-state index contributed by atoms with van der Waals surface area (Å²) in [6.07, 6.45) is 0. The number of nitrogens with one attached hydrogen (secondary N) is 2. The second kappa shape index (κ2) is 7.27. The SMILES string of the molecule is Cc1cccc(C(C)C)c1NC(=O)N[C@H](C)c1ccc(F)cc1. The van der Waals surface area contributed by atoms with Crippen LogP contribution in [0.4, 0.5) is 14.9 Å². The summed E-state index contributed by atoms with van der Waals surface area (Å²) < 4.78 is 13.0. The van der Waals surface area contributed by atoms with Gasteiger partial charge in [0.05, 0.1) is 6.04 Å². The van der Waals surface area contributed by atoms with Gasteiger partial charge in [0.25, 0.3) is 0 Å². The summed E-state index contributed by atoms with van der Waals surface area (Å²) in [5.41, 5.74) is 3.84. The van der Waals surface area contributed by atoms with Crippen LogP contribution < -0.4 is 10.6 Å². The monoisotopic (exact) mass is 314 g/mol. The van der Waals surface area contributed by atoms with Crippen LogP contribution in [0.5, 0.6) is 0 Å². The van der Waals surface area contributed by atoms with E-state index in [9.17, 15) is 9.18 Å². The fourth-order valence-corrected chi connectivity index (χ4v) is 2.52. The normalized spacial score (nSPS) is 12.1. The van der Waals surface area contributed by atoms with E-state index in [-0.39, 0.29) is 17.9 Å². The Bertz CT molecular complexity index is 680. The lowest BCUT2D eigenvalue weighted by atomic mass is 9.98. The van der Waals surface area contributed by atoms with Gasteiger partial charge in [-0.25, -0.2) is 9.18 Å². The van der Waals surface area contributed by atoms with Crippen molar-refractivity contribution in [1.82, 2.24) is 5.32 Å². The van der Waals surface area contributed by atoms with Crippen LogP contribution in [0.2, 0.25) is 0 Å². The van der Waals surface area contributed by atoms with E-state index in [4.69, 9.17) is 0 Å². The van der Waals surface area contributed by atoms with E-state index in [0.717, 1.165) is 22.4 Å². The third kappa shape index (κ3) is 4.31. The van der Waals surface area contributed by atoms with Crippen molar-refractivity contribution < 1.29 is 9.18 Å². The predicted octanol–water partition coefficient (Wildman–Crippen LogP) is 5.14. The van der Waals surface area contributed by atoms with Gasteiger partial charge in [-0.1, -0.05) is 44.2 Å². The van der Waals surface area contributed by atoms with E-state index in [1.807, 2.05) is 32.0 Å². The number of aryl methyl sites for hydroxylation is 1. The lowest BCUT2D eigenvalue weighted by molar-refractivity contribution is 0.249. The maximum absolute atomic E-state index is 13.0. The maximum Gasteiger partial charge on any atom is 0.319 e. The van der Waals surface area contributed by atoms with Gasteiger partial charge in [0, 0.05) is 5.69 Å². The molecule has 0 aliphatic heterocycles. The average Bonchev–Trinajstić information content (AvgIpc) is 2.49. The Labute approximate surface area is 136 Å². The molecular weight excluding hydrogens is 291 g/mol. The maximum atomic E-state index is 13.0. The molecule has 0 saturated carbocycles. The molecule has 2 N–H and O–H groups in total. The van der Waals surface area contributed by atoms with Gasteiger partial charge >= 0.3 is 6.03 Å². The third-order valence-electron chi connectivity index (χ3n) is 3.88. The van der Waals surface area contributed by atoms with Crippen LogP contribution in [0.25, 0.3) is 0 Å². The van der Waals surface area contributed by atoms with Crippen molar-refractivity contribution in [2.45, 2.75) is 39.7 Å². The zero-order chi connectivity index (χ0) is 17.0. The van der Waals surface area contributed by atoms with Gasteiger partial charge in [0.15, 0.2) is 0 Å². The highest BCUT2D eigenvalue weighted by Gasteiger charge is 2.14. The molecule has 0 saturated heterocycles. The third-order valence-corrected chi connectivity index (χ3v) is 3.88. The highest BCUT2D eigenvalue weighted by molar-refractivity contribution is 5.91. The quantitative estimate of drug-likeness (QED) is 0.806. The summed E-state index contributed by atoms with van der Waals surface area (Å²) in [6, 6.07) is 11.7. The first kappa shape index (κ1) is 17.0. The molecule has 23 heavy (non-hydrogen) atoms. The lowest BCUT2D eigenvalue weighted by Crippen LogP contribution is -2.31. The summed E-state index contributed by atoms with van der Waals surface area (Å²) in [7, 11) is 0. The molecule has 2 aromatic carbocycles. The zero-order valence-corrected chi connectivity index (χ0v) is 14.0. The summed E-state index contributed by atoms with van der Waals surface area (Å²) in [6.45, 7) is 8.04. The van der Waals surface area contributed by atoms with E-state index in [1.54, 1.807) is 12.1 Å².